The molecule has 106 valence electrons. The lowest BCUT2D eigenvalue weighted by Crippen LogP contribution is -2.08. The van der Waals surface area contributed by atoms with Gasteiger partial charge in [0, 0.05) is 6.42 Å². The largest absolute Gasteiger partial charge is 0.493 e. The number of ether oxygens (including phenoxy) is 1. The summed E-state index contributed by atoms with van der Waals surface area (Å²) in [6, 6.07) is 8.23. The molecular formula is C17H26O2. The van der Waals surface area contributed by atoms with Crippen LogP contribution in [0.1, 0.15) is 58.4 Å². The molecule has 1 unspecified atom stereocenters. The lowest BCUT2D eigenvalue weighted by Gasteiger charge is -2.19. The number of para-hydroxylation sites is 1. The van der Waals surface area contributed by atoms with E-state index in [1.165, 1.54) is 5.56 Å². The second kappa shape index (κ2) is 7.98. The summed E-state index contributed by atoms with van der Waals surface area (Å²) in [6.07, 6.45) is 2.60. The molecule has 0 N–H and O–H groups in total. The zero-order valence-electron chi connectivity index (χ0n) is 12.6. The third-order valence-corrected chi connectivity index (χ3v) is 3.27. The normalized spacial score (nSPS) is 12.5. The molecule has 0 spiro atoms. The van der Waals surface area contributed by atoms with Gasteiger partial charge in [0.15, 0.2) is 0 Å². The molecule has 0 radical (unpaired) electrons. The van der Waals surface area contributed by atoms with Crippen molar-refractivity contribution in [1.82, 2.24) is 0 Å². The van der Waals surface area contributed by atoms with Gasteiger partial charge in [0.2, 0.25) is 0 Å². The van der Waals surface area contributed by atoms with E-state index in [0.29, 0.717) is 18.3 Å². The Morgan fingerprint density at radius 1 is 1.26 bits per heavy atom. The van der Waals surface area contributed by atoms with Gasteiger partial charge < -0.3 is 9.53 Å². The molecule has 1 aromatic carbocycles. The Morgan fingerprint density at radius 2 is 1.95 bits per heavy atom. The Morgan fingerprint density at radius 3 is 2.53 bits per heavy atom. The van der Waals surface area contributed by atoms with E-state index in [2.05, 4.69) is 26.8 Å². The third-order valence-electron chi connectivity index (χ3n) is 3.27. The number of benzene rings is 1. The zero-order chi connectivity index (χ0) is 14.3. The molecule has 0 saturated carbocycles. The molecule has 1 rings (SSSR count). The standard InChI is InChI=1S/C17H26O2/c1-5-15(11-10-14(4)18)16-8-6-7-9-17(16)19-12-13(2)3/h6-9,13,15H,5,10-12H2,1-4H3. The zero-order valence-corrected chi connectivity index (χ0v) is 12.6. The summed E-state index contributed by atoms with van der Waals surface area (Å²) < 4.78 is 5.90. The van der Waals surface area contributed by atoms with Crippen LogP contribution in [0.2, 0.25) is 0 Å². The lowest BCUT2D eigenvalue weighted by molar-refractivity contribution is -0.117. The predicted molar refractivity (Wildman–Crippen MR) is 79.7 cm³/mol. The summed E-state index contributed by atoms with van der Waals surface area (Å²) in [5.41, 5.74) is 1.24. The number of hydrogen-bond donors (Lipinski definition) is 0. The molecule has 1 atom stereocenters. The predicted octanol–water partition coefficient (Wildman–Crippen LogP) is 4.58. The fraction of sp³-hybridized carbons (Fsp3) is 0.588. The van der Waals surface area contributed by atoms with Crippen molar-refractivity contribution in [1.29, 1.82) is 0 Å². The fourth-order valence-electron chi connectivity index (χ4n) is 2.16. The highest BCUT2D eigenvalue weighted by atomic mass is 16.5. The number of hydrogen-bond acceptors (Lipinski definition) is 2. The highest BCUT2D eigenvalue weighted by Gasteiger charge is 2.15. The maximum atomic E-state index is 11.2. The van der Waals surface area contributed by atoms with Crippen molar-refractivity contribution in [2.45, 2.75) is 52.9 Å². The van der Waals surface area contributed by atoms with E-state index in [0.717, 1.165) is 25.2 Å². The molecule has 0 heterocycles. The smallest absolute Gasteiger partial charge is 0.129 e. The van der Waals surface area contributed by atoms with Gasteiger partial charge in [0.1, 0.15) is 11.5 Å². The average Bonchev–Trinajstić information content (AvgIpc) is 2.37. The Balaban J connectivity index is 2.80. The first-order chi connectivity index (χ1) is 9.04. The monoisotopic (exact) mass is 262 g/mol. The Labute approximate surface area is 117 Å². The van der Waals surface area contributed by atoms with Gasteiger partial charge in [-0.05, 0) is 43.2 Å². The van der Waals surface area contributed by atoms with Crippen LogP contribution in [0.25, 0.3) is 0 Å². The van der Waals surface area contributed by atoms with Gasteiger partial charge in [-0.1, -0.05) is 39.0 Å². The molecule has 0 saturated heterocycles. The first-order valence-electron chi connectivity index (χ1n) is 7.25. The topological polar surface area (TPSA) is 26.3 Å². The van der Waals surface area contributed by atoms with Crippen LogP contribution in [0.4, 0.5) is 0 Å². The van der Waals surface area contributed by atoms with Crippen LogP contribution < -0.4 is 4.74 Å². The van der Waals surface area contributed by atoms with Gasteiger partial charge in [-0.15, -0.1) is 0 Å². The summed E-state index contributed by atoms with van der Waals surface area (Å²) in [5, 5.41) is 0. The molecule has 2 heteroatoms. The van der Waals surface area contributed by atoms with E-state index >= 15 is 0 Å². The van der Waals surface area contributed by atoms with Crippen molar-refractivity contribution in [2.24, 2.45) is 5.92 Å². The second-order valence-electron chi connectivity index (χ2n) is 5.59. The molecule has 0 aliphatic heterocycles. The number of carbonyl (C=O) groups excluding carboxylic acids is 1. The van der Waals surface area contributed by atoms with E-state index in [1.807, 2.05) is 18.2 Å². The minimum Gasteiger partial charge on any atom is -0.493 e. The van der Waals surface area contributed by atoms with Crippen molar-refractivity contribution in [2.75, 3.05) is 6.61 Å². The van der Waals surface area contributed by atoms with E-state index in [1.54, 1.807) is 6.92 Å². The average molecular weight is 262 g/mol. The van der Waals surface area contributed by atoms with Crippen LogP contribution in [-0.2, 0) is 4.79 Å². The van der Waals surface area contributed by atoms with Gasteiger partial charge in [-0.3, -0.25) is 0 Å². The van der Waals surface area contributed by atoms with Gasteiger partial charge in [0.25, 0.3) is 0 Å². The first-order valence-corrected chi connectivity index (χ1v) is 7.25. The van der Waals surface area contributed by atoms with Crippen LogP contribution in [0.3, 0.4) is 0 Å². The van der Waals surface area contributed by atoms with Crippen LogP contribution >= 0.6 is 0 Å². The highest BCUT2D eigenvalue weighted by molar-refractivity contribution is 5.75. The second-order valence-corrected chi connectivity index (χ2v) is 5.59. The van der Waals surface area contributed by atoms with E-state index in [4.69, 9.17) is 4.74 Å². The Bertz CT molecular complexity index is 396. The van der Waals surface area contributed by atoms with Crippen molar-refractivity contribution in [3.63, 3.8) is 0 Å². The molecule has 0 fully saturated rings. The molecule has 19 heavy (non-hydrogen) atoms. The molecule has 2 nitrogen and oxygen atoms in total. The van der Waals surface area contributed by atoms with Crippen LogP contribution in [0.5, 0.6) is 5.75 Å². The lowest BCUT2D eigenvalue weighted by atomic mass is 9.90. The first kappa shape index (κ1) is 15.7. The molecule has 0 aliphatic rings. The van der Waals surface area contributed by atoms with Crippen LogP contribution in [0.15, 0.2) is 24.3 Å². The van der Waals surface area contributed by atoms with E-state index in [9.17, 15) is 4.79 Å². The van der Waals surface area contributed by atoms with Crippen molar-refractivity contribution >= 4 is 5.78 Å². The van der Waals surface area contributed by atoms with E-state index < -0.39 is 0 Å². The summed E-state index contributed by atoms with van der Waals surface area (Å²) in [6.45, 7) is 8.86. The number of Topliss-reactive ketones (excluding diaryl/α,β-unsaturated/α-hetero) is 1. The quantitative estimate of drug-likeness (QED) is 0.685. The van der Waals surface area contributed by atoms with Gasteiger partial charge in [0.05, 0.1) is 6.61 Å². The van der Waals surface area contributed by atoms with Crippen LogP contribution in [-0.4, -0.2) is 12.4 Å². The molecule has 1 aromatic rings. The fourth-order valence-corrected chi connectivity index (χ4v) is 2.16. The molecule has 0 aromatic heterocycles. The number of rotatable bonds is 8. The number of carbonyl (C=O) groups is 1. The summed E-state index contributed by atoms with van der Waals surface area (Å²) in [7, 11) is 0. The SMILES string of the molecule is CCC(CCC(C)=O)c1ccccc1OCC(C)C. The Hall–Kier alpha value is -1.31. The maximum absolute atomic E-state index is 11.2. The molecular weight excluding hydrogens is 236 g/mol. The van der Waals surface area contributed by atoms with Gasteiger partial charge in [-0.25, -0.2) is 0 Å². The van der Waals surface area contributed by atoms with Gasteiger partial charge in [-0.2, -0.15) is 0 Å². The summed E-state index contributed by atoms with van der Waals surface area (Å²) in [5.74, 6) is 2.17. The molecule has 0 bridgehead atoms. The van der Waals surface area contributed by atoms with Crippen molar-refractivity contribution < 1.29 is 9.53 Å². The molecule has 0 aliphatic carbocycles. The summed E-state index contributed by atoms with van der Waals surface area (Å²) >= 11 is 0. The Kier molecular flexibility index (Phi) is 6.61. The van der Waals surface area contributed by atoms with Crippen molar-refractivity contribution in [3.8, 4) is 5.75 Å². The van der Waals surface area contributed by atoms with Crippen LogP contribution in [0, 0.1) is 5.92 Å². The van der Waals surface area contributed by atoms with E-state index in [-0.39, 0.29) is 5.78 Å². The summed E-state index contributed by atoms with van der Waals surface area (Å²) in [4.78, 5) is 11.2. The minimum atomic E-state index is 0.263. The van der Waals surface area contributed by atoms with Gasteiger partial charge >= 0.3 is 0 Å². The molecule has 0 amide bonds. The minimum absolute atomic E-state index is 0.263. The maximum Gasteiger partial charge on any atom is 0.129 e. The third kappa shape index (κ3) is 5.46. The highest BCUT2D eigenvalue weighted by Crippen LogP contribution is 2.32. The van der Waals surface area contributed by atoms with Crippen molar-refractivity contribution in [3.05, 3.63) is 29.8 Å². The number of ketones is 1.